The lowest BCUT2D eigenvalue weighted by Crippen LogP contribution is -2.53. The van der Waals surface area contributed by atoms with Crippen molar-refractivity contribution in [2.75, 3.05) is 16.6 Å². The Labute approximate surface area is 268 Å². The van der Waals surface area contributed by atoms with E-state index in [1.54, 1.807) is 0 Å². The molecule has 3 aliphatic heterocycles. The molecule has 10 nitrogen and oxygen atoms in total. The van der Waals surface area contributed by atoms with Crippen LogP contribution >= 0.6 is 0 Å². The maximum Gasteiger partial charge on any atom is 0.254 e. The summed E-state index contributed by atoms with van der Waals surface area (Å²) in [6, 6.07) is 10.0. The van der Waals surface area contributed by atoms with Crippen molar-refractivity contribution in [1.29, 1.82) is 0 Å². The number of benzene rings is 1. The Kier molecular flexibility index (Phi) is 5.49. The molecule has 11 heteroatoms. The number of aryl methyl sites for hydroxylation is 1. The lowest BCUT2D eigenvalue weighted by atomic mass is 9.53. The Hall–Kier alpha value is -3.44. The summed E-state index contributed by atoms with van der Waals surface area (Å²) in [6.45, 7) is 6.05. The van der Waals surface area contributed by atoms with E-state index in [0.29, 0.717) is 54.6 Å². The molecule has 4 aromatic rings. The summed E-state index contributed by atoms with van der Waals surface area (Å²) >= 11 is 0. The number of carbonyl (C=O) groups excluding carboxylic acids is 1. The van der Waals surface area contributed by atoms with Crippen LogP contribution in [0.1, 0.15) is 74.7 Å². The summed E-state index contributed by atoms with van der Waals surface area (Å²) in [6.07, 6.45) is 6.70. The molecule has 3 unspecified atom stereocenters. The van der Waals surface area contributed by atoms with Gasteiger partial charge in [0, 0.05) is 48.2 Å². The van der Waals surface area contributed by atoms with Crippen LogP contribution in [0.4, 0.5) is 5.82 Å². The number of sulfonamides is 1. The van der Waals surface area contributed by atoms with E-state index < -0.39 is 15.6 Å². The van der Waals surface area contributed by atoms with Gasteiger partial charge in [0.2, 0.25) is 10.0 Å². The second kappa shape index (κ2) is 9.13. The van der Waals surface area contributed by atoms with Crippen LogP contribution < -0.4 is 4.31 Å². The van der Waals surface area contributed by atoms with Crippen molar-refractivity contribution >= 4 is 43.8 Å². The van der Waals surface area contributed by atoms with Gasteiger partial charge in [0.15, 0.2) is 5.82 Å². The number of rotatable bonds is 5. The van der Waals surface area contributed by atoms with E-state index in [0.717, 1.165) is 83.8 Å². The van der Waals surface area contributed by atoms with Gasteiger partial charge in [0.1, 0.15) is 11.5 Å². The van der Waals surface area contributed by atoms with Crippen LogP contribution in [0.25, 0.3) is 33.6 Å². The Morgan fingerprint density at radius 1 is 1.09 bits per heavy atom. The van der Waals surface area contributed by atoms with Crippen LogP contribution in [0.15, 0.2) is 30.3 Å². The van der Waals surface area contributed by atoms with E-state index >= 15 is 0 Å². The molecule has 1 N–H and O–H groups in total. The van der Waals surface area contributed by atoms with E-state index in [1.165, 1.54) is 10.7 Å². The number of hydrogen-bond donors (Lipinski definition) is 1. The molecule has 240 valence electrons. The molecule has 0 spiro atoms. The smallest absolute Gasteiger partial charge is 0.254 e. The number of fused-ring (bicyclic) bond motifs is 1. The average Bonchev–Trinajstić information content (AvgIpc) is 3.65. The fraction of sp³-hybridized carbons (Fsp3) is 0.571. The molecule has 10 rings (SSSR count). The van der Waals surface area contributed by atoms with Gasteiger partial charge in [-0.3, -0.25) is 9.10 Å². The molecule has 1 amide bonds. The van der Waals surface area contributed by atoms with Gasteiger partial charge in [-0.15, -0.1) is 0 Å². The quantitative estimate of drug-likeness (QED) is 0.333. The molecule has 5 fully saturated rings. The Morgan fingerprint density at radius 3 is 2.70 bits per heavy atom. The standard InChI is InChI=1S/C35H40N6O4S/c1-19-4-3-11-46(44,45)41(19)29-8-7-21-15-28(39(32(21)37-29)17-20-5-6-20)33-36-26-14-23(13-25-31(26)38(33)10-9-35(25,2)43)34(42)40-18-24-12-22-16-27(40)30(22)24/h7-8,13-15,19-20,22,24,27,30,43H,3-6,9-12,16-18H2,1-2H3/t19-,22?,24?,27?,30+,35-/m0/s1. The Balaban J connectivity index is 1.12. The van der Waals surface area contributed by atoms with E-state index in [4.69, 9.17) is 9.97 Å². The van der Waals surface area contributed by atoms with Gasteiger partial charge in [-0.05, 0) is 113 Å². The Bertz CT molecular complexity index is 2090. The topological polar surface area (TPSA) is 114 Å². The molecule has 6 atom stereocenters. The van der Waals surface area contributed by atoms with Crippen LogP contribution in [0.5, 0.6) is 0 Å². The number of pyridine rings is 1. The van der Waals surface area contributed by atoms with Gasteiger partial charge >= 0.3 is 0 Å². The molecule has 6 heterocycles. The lowest BCUT2D eigenvalue weighted by molar-refractivity contribution is -0.0204. The SMILES string of the molecule is C[C@H]1CCCS(=O)(=O)N1c1ccc2cc(-c3nc4cc(C(=O)N5CC6CC7CC5[C@H]76)cc5c4n3CC[C@]5(C)O)n(CC3CC3)c2n1. The molecule has 46 heavy (non-hydrogen) atoms. The molecule has 0 bridgehead atoms. The van der Waals surface area contributed by atoms with Gasteiger partial charge in [0.05, 0.1) is 28.1 Å². The molecule has 2 saturated heterocycles. The number of aromatic nitrogens is 4. The normalized spacial score (nSPS) is 32.5. The van der Waals surface area contributed by atoms with Gasteiger partial charge < -0.3 is 19.1 Å². The second-order valence-electron chi connectivity index (χ2n) is 15.4. The fourth-order valence-corrected chi connectivity index (χ4v) is 11.4. The van der Waals surface area contributed by atoms with Crippen LogP contribution in [0.2, 0.25) is 0 Å². The third-order valence-electron chi connectivity index (χ3n) is 12.3. The number of likely N-dealkylation sites (tertiary alicyclic amines) is 1. The van der Waals surface area contributed by atoms with Gasteiger partial charge in [-0.2, -0.15) is 0 Å². The molecule has 1 aromatic carbocycles. The molecule has 3 aliphatic carbocycles. The van der Waals surface area contributed by atoms with E-state index in [-0.39, 0.29) is 17.7 Å². The van der Waals surface area contributed by atoms with E-state index in [2.05, 4.69) is 20.1 Å². The van der Waals surface area contributed by atoms with Crippen molar-refractivity contribution in [2.45, 2.75) is 89.6 Å². The minimum absolute atomic E-state index is 0.0648. The first-order valence-electron chi connectivity index (χ1n) is 17.2. The zero-order valence-electron chi connectivity index (χ0n) is 26.4. The first-order valence-corrected chi connectivity index (χ1v) is 18.8. The summed E-state index contributed by atoms with van der Waals surface area (Å²) < 4.78 is 32.2. The first-order chi connectivity index (χ1) is 22.1. The summed E-state index contributed by atoms with van der Waals surface area (Å²) in [5.41, 5.74) is 3.64. The highest BCUT2D eigenvalue weighted by Gasteiger charge is 2.61. The van der Waals surface area contributed by atoms with Crippen molar-refractivity contribution in [3.63, 3.8) is 0 Å². The van der Waals surface area contributed by atoms with Crippen molar-refractivity contribution in [3.8, 4) is 11.5 Å². The molecule has 3 saturated carbocycles. The van der Waals surface area contributed by atoms with E-state index in [1.807, 2.05) is 38.1 Å². The maximum atomic E-state index is 14.0. The third-order valence-corrected chi connectivity index (χ3v) is 14.3. The van der Waals surface area contributed by atoms with E-state index in [9.17, 15) is 18.3 Å². The molecule has 0 radical (unpaired) electrons. The van der Waals surface area contributed by atoms with Gasteiger partial charge in [0.25, 0.3) is 5.91 Å². The predicted octanol–water partition coefficient (Wildman–Crippen LogP) is 4.87. The number of aliphatic hydroxyl groups is 1. The minimum atomic E-state index is -3.43. The molecule has 3 aromatic heterocycles. The number of nitrogens with zero attached hydrogens (tertiary/aromatic N) is 6. The highest BCUT2D eigenvalue weighted by Crippen LogP contribution is 2.61. The lowest BCUT2D eigenvalue weighted by Gasteiger charge is -2.52. The molecular formula is C35H40N6O4S. The van der Waals surface area contributed by atoms with Gasteiger partial charge in [-0.25, -0.2) is 18.4 Å². The summed E-state index contributed by atoms with van der Waals surface area (Å²) in [5, 5.41) is 12.6. The largest absolute Gasteiger partial charge is 0.385 e. The zero-order chi connectivity index (χ0) is 31.3. The highest BCUT2D eigenvalue weighted by molar-refractivity contribution is 7.92. The summed E-state index contributed by atoms with van der Waals surface area (Å²) in [7, 11) is -3.43. The number of imidazole rings is 1. The first kappa shape index (κ1) is 27.7. The summed E-state index contributed by atoms with van der Waals surface area (Å²) in [4.78, 5) is 26.3. The number of carbonyl (C=O) groups is 1. The fourth-order valence-electron chi connectivity index (χ4n) is 9.63. The van der Waals surface area contributed by atoms with Crippen LogP contribution in [0, 0.1) is 23.7 Å². The highest BCUT2D eigenvalue weighted by atomic mass is 32.2. The van der Waals surface area contributed by atoms with Crippen LogP contribution in [-0.2, 0) is 28.7 Å². The molecular weight excluding hydrogens is 600 g/mol. The number of amides is 1. The van der Waals surface area contributed by atoms with Crippen LogP contribution in [-0.4, -0.2) is 67.8 Å². The van der Waals surface area contributed by atoms with Crippen molar-refractivity contribution in [1.82, 2.24) is 24.0 Å². The number of anilines is 1. The molecule has 6 aliphatic rings. The predicted molar refractivity (Wildman–Crippen MR) is 175 cm³/mol. The minimum Gasteiger partial charge on any atom is -0.385 e. The second-order valence-corrected chi connectivity index (χ2v) is 17.3. The van der Waals surface area contributed by atoms with Crippen molar-refractivity contribution in [2.24, 2.45) is 23.7 Å². The Morgan fingerprint density at radius 2 is 1.93 bits per heavy atom. The van der Waals surface area contributed by atoms with Gasteiger partial charge in [-0.1, -0.05) is 0 Å². The summed E-state index contributed by atoms with van der Waals surface area (Å²) in [5.74, 6) is 4.20. The van der Waals surface area contributed by atoms with Crippen molar-refractivity contribution in [3.05, 3.63) is 41.5 Å². The third kappa shape index (κ3) is 3.78. The van der Waals surface area contributed by atoms with Crippen molar-refractivity contribution < 1.29 is 18.3 Å². The maximum absolute atomic E-state index is 14.0. The van der Waals surface area contributed by atoms with Crippen LogP contribution in [0.3, 0.4) is 0 Å². The number of hydrogen-bond acceptors (Lipinski definition) is 6. The monoisotopic (exact) mass is 640 g/mol. The zero-order valence-corrected chi connectivity index (χ0v) is 27.2. The average molecular weight is 641 g/mol.